The molecular weight excluding hydrogens is 284 g/mol. The maximum absolute atomic E-state index is 12.1. The molecule has 6 heteroatoms. The first-order valence-electron chi connectivity index (χ1n) is 7.61. The van der Waals surface area contributed by atoms with Crippen LogP contribution in [0.15, 0.2) is 23.4 Å². The molecule has 122 valence electrons. The van der Waals surface area contributed by atoms with Gasteiger partial charge in [-0.2, -0.15) is 0 Å². The van der Waals surface area contributed by atoms with E-state index in [1.807, 2.05) is 26.8 Å². The minimum atomic E-state index is -0.499. The Morgan fingerprint density at radius 3 is 2.73 bits per heavy atom. The molecule has 1 saturated heterocycles. The molecule has 2 heterocycles. The summed E-state index contributed by atoms with van der Waals surface area (Å²) in [4.78, 5) is 25.5. The van der Waals surface area contributed by atoms with Crippen molar-refractivity contribution in [1.29, 1.82) is 0 Å². The van der Waals surface area contributed by atoms with Gasteiger partial charge in [0.25, 0.3) is 0 Å². The lowest BCUT2D eigenvalue weighted by Crippen LogP contribution is -2.44. The average molecular weight is 308 g/mol. The van der Waals surface area contributed by atoms with E-state index in [0.717, 1.165) is 11.1 Å². The third-order valence-corrected chi connectivity index (χ3v) is 3.42. The second kappa shape index (κ2) is 6.42. The summed E-state index contributed by atoms with van der Waals surface area (Å²) >= 11 is 0. The van der Waals surface area contributed by atoms with Crippen molar-refractivity contribution in [2.24, 2.45) is 0 Å². The van der Waals surface area contributed by atoms with E-state index >= 15 is 0 Å². The van der Waals surface area contributed by atoms with E-state index in [-0.39, 0.29) is 12.1 Å². The van der Waals surface area contributed by atoms with E-state index in [1.54, 1.807) is 18.0 Å². The molecule has 0 aromatic heterocycles. The number of nitrogens with one attached hydrogen (secondary N) is 1. The molecule has 2 aliphatic rings. The van der Waals surface area contributed by atoms with Crippen molar-refractivity contribution < 1.29 is 19.1 Å². The fraction of sp³-hybridized carbons (Fsp3) is 0.625. The third kappa shape index (κ3) is 4.02. The van der Waals surface area contributed by atoms with Crippen LogP contribution in [-0.4, -0.2) is 48.3 Å². The topological polar surface area (TPSA) is 67.9 Å². The van der Waals surface area contributed by atoms with Gasteiger partial charge in [0, 0.05) is 12.7 Å². The van der Waals surface area contributed by atoms with Gasteiger partial charge >= 0.3 is 12.1 Å². The maximum atomic E-state index is 12.1. The zero-order valence-electron chi connectivity index (χ0n) is 13.6. The largest absolute Gasteiger partial charge is 0.464 e. The van der Waals surface area contributed by atoms with Gasteiger partial charge in [-0.3, -0.25) is 0 Å². The van der Waals surface area contributed by atoms with E-state index < -0.39 is 11.6 Å². The van der Waals surface area contributed by atoms with Crippen LogP contribution in [0.4, 0.5) is 4.79 Å². The highest BCUT2D eigenvalue weighted by atomic mass is 16.6. The lowest BCUT2D eigenvalue weighted by molar-refractivity contribution is -0.144. The summed E-state index contributed by atoms with van der Waals surface area (Å²) in [6.45, 7) is 8.79. The monoisotopic (exact) mass is 308 g/mol. The molecule has 0 aromatic rings. The number of dihydropyridines is 1. The standard InChI is InChI=1S/C16H24N2O4/c1-5-21-14(19)13-8-11-6-7-18(10-12(11)9-17-13)15(20)22-16(2,3)4/h8-9,13,17H,5-7,10H2,1-4H3. The molecule has 2 rings (SSSR count). The van der Waals surface area contributed by atoms with Crippen molar-refractivity contribution in [2.45, 2.75) is 45.8 Å². The predicted molar refractivity (Wildman–Crippen MR) is 82.1 cm³/mol. The molecule has 1 fully saturated rings. The van der Waals surface area contributed by atoms with Crippen molar-refractivity contribution in [3.05, 3.63) is 23.4 Å². The summed E-state index contributed by atoms with van der Waals surface area (Å²) in [5.74, 6) is -0.278. The van der Waals surface area contributed by atoms with Crippen LogP contribution in [0.2, 0.25) is 0 Å². The number of carbonyl (C=O) groups excluding carboxylic acids is 2. The van der Waals surface area contributed by atoms with Crippen LogP contribution >= 0.6 is 0 Å². The zero-order chi connectivity index (χ0) is 16.3. The number of amides is 1. The SMILES string of the molecule is CCOC(=O)C1C=C2CCN(C(=O)OC(C)(C)C)CC2=CN1. The highest BCUT2D eigenvalue weighted by Crippen LogP contribution is 2.26. The molecule has 1 amide bonds. The van der Waals surface area contributed by atoms with Crippen LogP contribution in [0.1, 0.15) is 34.1 Å². The van der Waals surface area contributed by atoms with Crippen LogP contribution in [-0.2, 0) is 14.3 Å². The summed E-state index contributed by atoms with van der Waals surface area (Å²) in [6, 6.07) is -0.438. The van der Waals surface area contributed by atoms with E-state index in [4.69, 9.17) is 9.47 Å². The average Bonchev–Trinajstić information content (AvgIpc) is 2.44. The van der Waals surface area contributed by atoms with Crippen LogP contribution in [0.3, 0.4) is 0 Å². The van der Waals surface area contributed by atoms with E-state index in [1.165, 1.54) is 0 Å². The number of ether oxygens (including phenoxy) is 2. The summed E-state index contributed by atoms with van der Waals surface area (Å²) < 4.78 is 10.4. The zero-order valence-corrected chi connectivity index (χ0v) is 13.6. The molecule has 22 heavy (non-hydrogen) atoms. The summed E-state index contributed by atoms with van der Waals surface area (Å²) in [7, 11) is 0. The number of rotatable bonds is 2. The first kappa shape index (κ1) is 16.4. The first-order valence-corrected chi connectivity index (χ1v) is 7.61. The molecule has 0 radical (unpaired) electrons. The van der Waals surface area contributed by atoms with Gasteiger partial charge in [0.1, 0.15) is 11.6 Å². The van der Waals surface area contributed by atoms with Gasteiger partial charge in [0.15, 0.2) is 0 Å². The Morgan fingerprint density at radius 2 is 2.09 bits per heavy atom. The quantitative estimate of drug-likeness (QED) is 0.790. The number of fused-ring (bicyclic) bond motifs is 1. The highest BCUT2D eigenvalue weighted by molar-refractivity contribution is 5.79. The van der Waals surface area contributed by atoms with Gasteiger partial charge in [0.2, 0.25) is 0 Å². The Kier molecular flexibility index (Phi) is 4.78. The second-order valence-electron chi connectivity index (χ2n) is 6.41. The van der Waals surface area contributed by atoms with E-state index in [0.29, 0.717) is 26.1 Å². The Labute approximate surface area is 131 Å². The lowest BCUT2D eigenvalue weighted by atomic mass is 9.94. The van der Waals surface area contributed by atoms with Gasteiger partial charge in [-0.15, -0.1) is 0 Å². The molecule has 1 unspecified atom stereocenters. The van der Waals surface area contributed by atoms with Crippen LogP contribution in [0.5, 0.6) is 0 Å². The summed E-state index contributed by atoms with van der Waals surface area (Å²) in [5, 5.41) is 3.02. The Hall–Kier alpha value is -1.98. The maximum Gasteiger partial charge on any atom is 0.410 e. The number of hydrogen-bond donors (Lipinski definition) is 1. The number of nitrogens with zero attached hydrogens (tertiary/aromatic N) is 1. The van der Waals surface area contributed by atoms with Crippen LogP contribution in [0.25, 0.3) is 0 Å². The van der Waals surface area contributed by atoms with Crippen molar-refractivity contribution in [2.75, 3.05) is 19.7 Å². The smallest absolute Gasteiger partial charge is 0.410 e. The molecule has 0 saturated carbocycles. The van der Waals surface area contributed by atoms with Gasteiger partial charge in [-0.05, 0) is 51.3 Å². The summed E-state index contributed by atoms with van der Waals surface area (Å²) in [6.07, 6.45) is 4.09. The molecule has 0 bridgehead atoms. The Balaban J connectivity index is 1.98. The third-order valence-electron chi connectivity index (χ3n) is 3.42. The van der Waals surface area contributed by atoms with Crippen molar-refractivity contribution in [3.8, 4) is 0 Å². The van der Waals surface area contributed by atoms with Crippen molar-refractivity contribution in [3.63, 3.8) is 0 Å². The second-order valence-corrected chi connectivity index (χ2v) is 6.41. The number of hydrogen-bond acceptors (Lipinski definition) is 5. The molecule has 6 nitrogen and oxygen atoms in total. The fourth-order valence-corrected chi connectivity index (χ4v) is 2.42. The van der Waals surface area contributed by atoms with Crippen LogP contribution in [0, 0.1) is 0 Å². The molecule has 1 N–H and O–H groups in total. The van der Waals surface area contributed by atoms with E-state index in [2.05, 4.69) is 5.32 Å². The number of likely N-dealkylation sites (tertiary alicyclic amines) is 1. The summed E-state index contributed by atoms with van der Waals surface area (Å²) in [5.41, 5.74) is 1.61. The predicted octanol–water partition coefficient (Wildman–Crippen LogP) is 1.97. The number of carbonyl (C=O) groups is 2. The van der Waals surface area contributed by atoms with E-state index in [9.17, 15) is 9.59 Å². The molecule has 0 aromatic carbocycles. The number of piperidine rings is 1. The molecule has 0 aliphatic carbocycles. The van der Waals surface area contributed by atoms with Crippen molar-refractivity contribution in [1.82, 2.24) is 10.2 Å². The Bertz CT molecular complexity index is 517. The molecule has 1 atom stereocenters. The van der Waals surface area contributed by atoms with Gasteiger partial charge in [-0.1, -0.05) is 0 Å². The normalized spacial score (nSPS) is 21.1. The van der Waals surface area contributed by atoms with Gasteiger partial charge in [0.05, 0.1) is 13.2 Å². The van der Waals surface area contributed by atoms with Gasteiger partial charge < -0.3 is 19.7 Å². The molecule has 2 aliphatic heterocycles. The Morgan fingerprint density at radius 1 is 1.36 bits per heavy atom. The minimum Gasteiger partial charge on any atom is -0.464 e. The van der Waals surface area contributed by atoms with Crippen LogP contribution < -0.4 is 5.32 Å². The van der Waals surface area contributed by atoms with Gasteiger partial charge in [-0.25, -0.2) is 9.59 Å². The highest BCUT2D eigenvalue weighted by Gasteiger charge is 2.30. The fourth-order valence-electron chi connectivity index (χ4n) is 2.42. The number of esters is 1. The minimum absolute atomic E-state index is 0.278. The lowest BCUT2D eigenvalue weighted by Gasteiger charge is -2.34. The molecular formula is C16H24N2O4. The first-order chi connectivity index (χ1) is 10.3. The molecule has 0 spiro atoms. The van der Waals surface area contributed by atoms with Crippen molar-refractivity contribution >= 4 is 12.1 Å².